The number of hydrogen-bond acceptors (Lipinski definition) is 6. The number of thiazole rings is 1. The van der Waals surface area contributed by atoms with Crippen LogP contribution in [0, 0.1) is 11.6 Å². The second kappa shape index (κ2) is 9.72. The maximum absolute atomic E-state index is 14.4. The van der Waals surface area contributed by atoms with E-state index in [9.17, 15) is 13.2 Å². The number of halogens is 3. The fraction of sp³-hybridized carbons (Fsp3) is 0.286. The standard InChI is InChI=1S/C21H21F3N4S2/c22-16-10-28(11-16)6-5-14-3-1-2-4-15(14)9-25-17-7-18(23)21(19(24)8-17)30-27-20-12-29-13-26-20/h1-4,7-8,12-13,16,25,27H,5-6,9-11H2. The molecule has 4 rings (SSSR count). The van der Waals surface area contributed by atoms with Crippen molar-refractivity contribution in [1.82, 2.24) is 9.88 Å². The van der Waals surface area contributed by atoms with Crippen molar-refractivity contribution in [1.29, 1.82) is 0 Å². The van der Waals surface area contributed by atoms with Crippen LogP contribution in [0.25, 0.3) is 0 Å². The van der Waals surface area contributed by atoms with Gasteiger partial charge in [-0.05, 0) is 41.6 Å². The predicted molar refractivity (Wildman–Crippen MR) is 117 cm³/mol. The smallest absolute Gasteiger partial charge is 0.147 e. The van der Waals surface area contributed by atoms with Gasteiger partial charge in [-0.1, -0.05) is 24.3 Å². The van der Waals surface area contributed by atoms with Gasteiger partial charge in [0.05, 0.1) is 5.51 Å². The molecule has 158 valence electrons. The quantitative estimate of drug-likeness (QED) is 0.430. The third-order valence-electron chi connectivity index (χ3n) is 4.90. The molecule has 1 fully saturated rings. The van der Waals surface area contributed by atoms with Crippen molar-refractivity contribution >= 4 is 34.8 Å². The number of aromatic nitrogens is 1. The van der Waals surface area contributed by atoms with E-state index in [1.807, 2.05) is 24.3 Å². The zero-order valence-electron chi connectivity index (χ0n) is 16.1. The maximum Gasteiger partial charge on any atom is 0.147 e. The van der Waals surface area contributed by atoms with Crippen LogP contribution in [0.15, 0.2) is 52.2 Å². The Morgan fingerprint density at radius 3 is 2.53 bits per heavy atom. The molecule has 0 radical (unpaired) electrons. The molecule has 0 unspecified atom stereocenters. The van der Waals surface area contributed by atoms with Gasteiger partial charge < -0.3 is 10.0 Å². The van der Waals surface area contributed by atoms with Gasteiger partial charge >= 0.3 is 0 Å². The average Bonchev–Trinajstić information content (AvgIpc) is 3.22. The minimum Gasteiger partial charge on any atom is -0.381 e. The molecular formula is C21H21F3N4S2. The van der Waals surface area contributed by atoms with Crippen LogP contribution in [0.1, 0.15) is 11.1 Å². The Kier molecular flexibility index (Phi) is 6.81. The molecule has 4 nitrogen and oxygen atoms in total. The summed E-state index contributed by atoms with van der Waals surface area (Å²) in [4.78, 5) is 6.00. The van der Waals surface area contributed by atoms with E-state index in [1.54, 1.807) is 10.9 Å². The molecule has 0 amide bonds. The van der Waals surface area contributed by atoms with Gasteiger partial charge in [0.1, 0.15) is 28.5 Å². The summed E-state index contributed by atoms with van der Waals surface area (Å²) < 4.78 is 44.7. The summed E-state index contributed by atoms with van der Waals surface area (Å²) in [6, 6.07) is 10.5. The first kappa shape index (κ1) is 21.0. The first-order valence-corrected chi connectivity index (χ1v) is 11.3. The Hall–Kier alpha value is -2.23. The molecule has 9 heteroatoms. The first-order chi connectivity index (χ1) is 14.6. The Morgan fingerprint density at radius 1 is 1.13 bits per heavy atom. The maximum atomic E-state index is 14.4. The summed E-state index contributed by atoms with van der Waals surface area (Å²) in [7, 11) is 0. The van der Waals surface area contributed by atoms with Crippen molar-refractivity contribution in [3.8, 4) is 0 Å². The van der Waals surface area contributed by atoms with E-state index in [2.05, 4.69) is 19.9 Å². The first-order valence-electron chi connectivity index (χ1n) is 9.55. The van der Waals surface area contributed by atoms with Gasteiger partial charge in [-0.3, -0.25) is 4.90 Å². The second-order valence-corrected chi connectivity index (χ2v) is 8.61. The molecule has 1 aliphatic rings. The number of nitrogens with one attached hydrogen (secondary N) is 2. The number of anilines is 2. The van der Waals surface area contributed by atoms with E-state index in [-0.39, 0.29) is 4.90 Å². The molecule has 0 atom stereocenters. The molecule has 2 N–H and O–H groups in total. The number of alkyl halides is 1. The van der Waals surface area contributed by atoms with Crippen molar-refractivity contribution in [2.45, 2.75) is 24.0 Å². The number of rotatable bonds is 9. The van der Waals surface area contributed by atoms with Crippen molar-refractivity contribution < 1.29 is 13.2 Å². The monoisotopic (exact) mass is 450 g/mol. The minimum atomic E-state index is -0.704. The van der Waals surface area contributed by atoms with Gasteiger partial charge in [-0.15, -0.1) is 11.3 Å². The van der Waals surface area contributed by atoms with Gasteiger partial charge in [0.2, 0.25) is 0 Å². The summed E-state index contributed by atoms with van der Waals surface area (Å²) in [5.41, 5.74) is 4.22. The molecule has 0 spiro atoms. The SMILES string of the molecule is Fc1cc(NCc2ccccc2CCN2CC(F)C2)cc(F)c1SNc1cscn1. The number of hydrogen-bond donors (Lipinski definition) is 2. The molecule has 2 aromatic carbocycles. The van der Waals surface area contributed by atoms with Crippen LogP contribution in [0.4, 0.5) is 24.7 Å². The second-order valence-electron chi connectivity index (χ2n) is 7.08. The third-order valence-corrected chi connectivity index (χ3v) is 6.39. The summed E-state index contributed by atoms with van der Waals surface area (Å²) >= 11 is 2.26. The summed E-state index contributed by atoms with van der Waals surface area (Å²) in [6.45, 7) is 2.25. The molecule has 2 heterocycles. The van der Waals surface area contributed by atoms with Crippen molar-refractivity contribution in [3.05, 3.63) is 70.1 Å². The molecule has 0 aliphatic carbocycles. The van der Waals surface area contributed by atoms with E-state index in [1.165, 1.54) is 23.5 Å². The van der Waals surface area contributed by atoms with Crippen LogP contribution in [0.5, 0.6) is 0 Å². The Balaban J connectivity index is 1.36. The lowest BCUT2D eigenvalue weighted by Gasteiger charge is -2.34. The fourth-order valence-electron chi connectivity index (χ4n) is 3.26. The highest BCUT2D eigenvalue weighted by Crippen LogP contribution is 2.29. The Morgan fingerprint density at radius 2 is 1.87 bits per heavy atom. The predicted octanol–water partition coefficient (Wildman–Crippen LogP) is 5.35. The van der Waals surface area contributed by atoms with Crippen LogP contribution in [0.3, 0.4) is 0 Å². The van der Waals surface area contributed by atoms with Gasteiger partial charge in [0.25, 0.3) is 0 Å². The largest absolute Gasteiger partial charge is 0.381 e. The van der Waals surface area contributed by atoms with Crippen LogP contribution >= 0.6 is 23.3 Å². The summed E-state index contributed by atoms with van der Waals surface area (Å²) in [6.07, 6.45) is 0.107. The van der Waals surface area contributed by atoms with Crippen LogP contribution in [-0.2, 0) is 13.0 Å². The highest BCUT2D eigenvalue weighted by molar-refractivity contribution is 8.00. The lowest BCUT2D eigenvalue weighted by Crippen LogP contribution is -2.48. The van der Waals surface area contributed by atoms with Gasteiger partial charge in [-0.25, -0.2) is 18.2 Å². The van der Waals surface area contributed by atoms with E-state index >= 15 is 0 Å². The molecule has 0 bridgehead atoms. The molecule has 1 saturated heterocycles. The highest BCUT2D eigenvalue weighted by atomic mass is 32.2. The van der Waals surface area contributed by atoms with Crippen LogP contribution < -0.4 is 10.0 Å². The van der Waals surface area contributed by atoms with E-state index in [0.717, 1.165) is 36.0 Å². The minimum absolute atomic E-state index is 0.102. The van der Waals surface area contributed by atoms with Crippen molar-refractivity contribution in [2.75, 3.05) is 29.7 Å². The van der Waals surface area contributed by atoms with Crippen molar-refractivity contribution in [3.63, 3.8) is 0 Å². The van der Waals surface area contributed by atoms with Crippen LogP contribution in [0.2, 0.25) is 0 Å². The van der Waals surface area contributed by atoms with Gasteiger partial charge in [0.15, 0.2) is 0 Å². The van der Waals surface area contributed by atoms with Crippen molar-refractivity contribution in [2.24, 2.45) is 0 Å². The Bertz CT molecular complexity index is 955. The van der Waals surface area contributed by atoms with Gasteiger partial charge in [-0.2, -0.15) is 0 Å². The highest BCUT2D eigenvalue weighted by Gasteiger charge is 2.25. The summed E-state index contributed by atoms with van der Waals surface area (Å²) in [5.74, 6) is -0.725. The van der Waals surface area contributed by atoms with Crippen LogP contribution in [-0.4, -0.2) is 35.7 Å². The lowest BCUT2D eigenvalue weighted by atomic mass is 10.0. The average molecular weight is 451 g/mol. The molecule has 1 aliphatic heterocycles. The molecule has 0 saturated carbocycles. The fourth-order valence-corrected chi connectivity index (χ4v) is 4.45. The molecular weight excluding hydrogens is 429 g/mol. The molecule has 30 heavy (non-hydrogen) atoms. The lowest BCUT2D eigenvalue weighted by molar-refractivity contribution is 0.0670. The number of likely N-dealkylation sites (tertiary alicyclic amines) is 1. The topological polar surface area (TPSA) is 40.2 Å². The molecule has 1 aromatic heterocycles. The summed E-state index contributed by atoms with van der Waals surface area (Å²) in [5, 5.41) is 4.87. The Labute approximate surface area is 181 Å². The zero-order valence-corrected chi connectivity index (χ0v) is 17.7. The normalized spacial score (nSPS) is 14.5. The van der Waals surface area contributed by atoms with Gasteiger partial charge in [0, 0.05) is 37.2 Å². The number of nitrogens with zero attached hydrogens (tertiary/aromatic N) is 2. The third kappa shape index (κ3) is 5.27. The van der Waals surface area contributed by atoms with E-state index < -0.39 is 17.8 Å². The number of benzene rings is 2. The molecule has 3 aromatic rings. The van der Waals surface area contributed by atoms with E-state index in [0.29, 0.717) is 31.1 Å². The zero-order chi connectivity index (χ0) is 20.9. The van der Waals surface area contributed by atoms with E-state index in [4.69, 9.17) is 0 Å².